The highest BCUT2D eigenvalue weighted by Crippen LogP contribution is 2.29. The Labute approximate surface area is 273 Å². The Morgan fingerprint density at radius 3 is 2.23 bits per heavy atom. The highest BCUT2D eigenvalue weighted by Gasteiger charge is 2.31. The van der Waals surface area contributed by atoms with Crippen molar-refractivity contribution in [1.82, 2.24) is 10.6 Å². The standard InChI is InChI=1S/C33H32F3N7O5/c1-5-28(45)43-27(18-44)31(48)41-23-10-7-11-24(15-23)42-32(37-4)38-17-20(3)39-30(47)26-16-25(13-12-19(26)2)40-29(46)21-8-6-9-22(14-21)33(34,35)36/h5-17,27,44H,1,4,18H2,2-3H3,(H,38,42)(H,39,47)(H,40,46)(H,41,48)(H,43,45)/b20-17+/t27-/m0/s1. The number of rotatable bonds is 11. The Kier molecular flexibility index (Phi) is 12.5. The number of amides is 4. The van der Waals surface area contributed by atoms with Gasteiger partial charge in [0, 0.05) is 40.1 Å². The number of carbonyl (C=O) groups excluding carboxylic acids is 4. The van der Waals surface area contributed by atoms with Crippen LogP contribution in [0.3, 0.4) is 0 Å². The molecule has 0 aliphatic carbocycles. The molecule has 250 valence electrons. The van der Waals surface area contributed by atoms with Crippen molar-refractivity contribution < 1.29 is 37.5 Å². The quantitative estimate of drug-likeness (QED) is 0.0992. The highest BCUT2D eigenvalue weighted by atomic mass is 19.4. The first-order valence-electron chi connectivity index (χ1n) is 14.1. The smallest absolute Gasteiger partial charge is 0.394 e. The van der Waals surface area contributed by atoms with E-state index in [2.05, 4.69) is 49.9 Å². The summed E-state index contributed by atoms with van der Waals surface area (Å²) in [6.45, 7) is 9.38. The van der Waals surface area contributed by atoms with Gasteiger partial charge < -0.3 is 31.7 Å². The second-order valence-corrected chi connectivity index (χ2v) is 10.1. The molecule has 12 nitrogen and oxygen atoms in total. The molecule has 0 fully saturated rings. The van der Waals surface area contributed by atoms with Gasteiger partial charge in [0.2, 0.25) is 17.8 Å². The largest absolute Gasteiger partial charge is 0.416 e. The molecule has 3 aromatic carbocycles. The van der Waals surface area contributed by atoms with E-state index in [4.69, 9.17) is 0 Å². The van der Waals surface area contributed by atoms with Crippen molar-refractivity contribution in [2.75, 3.05) is 22.6 Å². The minimum Gasteiger partial charge on any atom is -0.394 e. The number of hydrogen-bond donors (Lipinski definition) is 6. The normalized spacial score (nSPS) is 12.3. The lowest BCUT2D eigenvalue weighted by Crippen LogP contribution is -2.45. The molecule has 6 N–H and O–H groups in total. The van der Waals surface area contributed by atoms with Crippen molar-refractivity contribution in [1.29, 1.82) is 0 Å². The molecule has 0 unspecified atom stereocenters. The van der Waals surface area contributed by atoms with Gasteiger partial charge in [-0.3, -0.25) is 19.2 Å². The van der Waals surface area contributed by atoms with Crippen LogP contribution in [0.4, 0.5) is 30.2 Å². The van der Waals surface area contributed by atoms with Gasteiger partial charge in [0.05, 0.1) is 12.2 Å². The predicted octanol–water partition coefficient (Wildman–Crippen LogP) is 4.63. The summed E-state index contributed by atoms with van der Waals surface area (Å²) < 4.78 is 39.2. The fourth-order valence-corrected chi connectivity index (χ4v) is 3.99. The van der Waals surface area contributed by atoms with Crippen LogP contribution in [-0.2, 0) is 15.8 Å². The molecule has 0 heterocycles. The first-order valence-corrected chi connectivity index (χ1v) is 14.1. The summed E-state index contributed by atoms with van der Waals surface area (Å²) in [5.74, 6) is -2.57. The van der Waals surface area contributed by atoms with Crippen LogP contribution in [0.25, 0.3) is 0 Å². The van der Waals surface area contributed by atoms with Crippen LogP contribution >= 0.6 is 0 Å². The summed E-state index contributed by atoms with van der Waals surface area (Å²) in [6.07, 6.45) is -2.33. The van der Waals surface area contributed by atoms with Crippen LogP contribution < -0.4 is 26.6 Å². The van der Waals surface area contributed by atoms with Crippen LogP contribution in [0.5, 0.6) is 0 Å². The van der Waals surface area contributed by atoms with Crippen LogP contribution in [0, 0.1) is 6.92 Å². The average Bonchev–Trinajstić information content (AvgIpc) is 3.05. The van der Waals surface area contributed by atoms with E-state index in [0.717, 1.165) is 24.3 Å². The number of benzene rings is 3. The summed E-state index contributed by atoms with van der Waals surface area (Å²) in [7, 11) is 0. The number of aliphatic hydroxyl groups is 1. The molecule has 0 aliphatic rings. The first kappa shape index (κ1) is 36.4. The zero-order chi connectivity index (χ0) is 35.4. The Morgan fingerprint density at radius 1 is 0.917 bits per heavy atom. The SMILES string of the molecule is C=CC(=O)N[C@@H](CO)C(=O)Nc1cccc(N/C(N=C)=N/C=C(\C)NC(=O)c2cc(NC(=O)c3cccc(C(F)(F)F)c3)ccc2C)c1. The van der Waals surface area contributed by atoms with Gasteiger partial charge in [-0.05, 0) is 80.7 Å². The van der Waals surface area contributed by atoms with Gasteiger partial charge in [-0.15, -0.1) is 0 Å². The number of aliphatic hydroxyl groups excluding tert-OH is 1. The van der Waals surface area contributed by atoms with Gasteiger partial charge in [0.1, 0.15) is 6.04 Å². The minimum absolute atomic E-state index is 0.0361. The van der Waals surface area contributed by atoms with E-state index < -0.39 is 48.0 Å². The van der Waals surface area contributed by atoms with Crippen molar-refractivity contribution in [3.8, 4) is 0 Å². The number of nitrogens with one attached hydrogen (secondary N) is 5. The van der Waals surface area contributed by atoms with Crippen molar-refractivity contribution in [3.63, 3.8) is 0 Å². The molecule has 0 spiro atoms. The summed E-state index contributed by atoms with van der Waals surface area (Å²) in [5.41, 5.74) is 0.883. The van der Waals surface area contributed by atoms with E-state index in [0.29, 0.717) is 22.6 Å². The molecule has 4 amide bonds. The third kappa shape index (κ3) is 10.5. The molecule has 0 saturated heterocycles. The second kappa shape index (κ2) is 16.5. The van der Waals surface area contributed by atoms with E-state index in [-0.39, 0.29) is 22.8 Å². The van der Waals surface area contributed by atoms with Gasteiger partial charge in [-0.2, -0.15) is 13.2 Å². The van der Waals surface area contributed by atoms with Crippen molar-refractivity contribution in [2.24, 2.45) is 9.98 Å². The number of carbonyl (C=O) groups is 4. The van der Waals surface area contributed by atoms with Crippen LogP contribution in [0.15, 0.2) is 101 Å². The van der Waals surface area contributed by atoms with E-state index >= 15 is 0 Å². The Balaban J connectivity index is 1.67. The van der Waals surface area contributed by atoms with Gasteiger partial charge in [0.15, 0.2) is 0 Å². The molecule has 0 aliphatic heterocycles. The zero-order valence-electron chi connectivity index (χ0n) is 25.8. The molecular formula is C33H32F3N7O5. The summed E-state index contributed by atoms with van der Waals surface area (Å²) in [5, 5.41) is 22.4. The van der Waals surface area contributed by atoms with Crippen molar-refractivity contribution in [3.05, 3.63) is 114 Å². The van der Waals surface area contributed by atoms with Crippen LogP contribution in [-0.4, -0.2) is 54.1 Å². The van der Waals surface area contributed by atoms with Gasteiger partial charge in [0.25, 0.3) is 11.8 Å². The molecule has 0 aromatic heterocycles. The number of hydrogen-bond acceptors (Lipinski definition) is 6. The van der Waals surface area contributed by atoms with Crippen LogP contribution in [0.2, 0.25) is 0 Å². The van der Waals surface area contributed by atoms with Crippen molar-refractivity contribution in [2.45, 2.75) is 26.1 Å². The third-order valence-corrected chi connectivity index (χ3v) is 6.42. The first-order chi connectivity index (χ1) is 22.7. The van der Waals surface area contributed by atoms with Crippen molar-refractivity contribution >= 4 is 53.4 Å². The fourth-order valence-electron chi connectivity index (χ4n) is 3.99. The fraction of sp³-hybridized carbons (Fsp3) is 0.152. The number of allylic oxidation sites excluding steroid dienone is 1. The lowest BCUT2D eigenvalue weighted by atomic mass is 10.1. The molecule has 15 heteroatoms. The number of guanidine groups is 1. The second-order valence-electron chi connectivity index (χ2n) is 10.1. The van der Waals surface area contributed by atoms with Gasteiger partial charge in [-0.1, -0.05) is 24.8 Å². The van der Waals surface area contributed by atoms with E-state index in [9.17, 15) is 37.5 Å². The summed E-state index contributed by atoms with van der Waals surface area (Å²) in [6, 6.07) is 13.7. The topological polar surface area (TPSA) is 173 Å². The van der Waals surface area contributed by atoms with E-state index in [1.807, 2.05) is 0 Å². The number of anilines is 3. The maximum absolute atomic E-state index is 13.1. The monoisotopic (exact) mass is 663 g/mol. The van der Waals surface area contributed by atoms with Gasteiger partial charge >= 0.3 is 6.18 Å². The lowest BCUT2D eigenvalue weighted by molar-refractivity contribution is -0.137. The molecule has 1 atom stereocenters. The minimum atomic E-state index is -4.61. The van der Waals surface area contributed by atoms with Gasteiger partial charge in [-0.25, -0.2) is 9.98 Å². The maximum atomic E-state index is 13.1. The third-order valence-electron chi connectivity index (χ3n) is 6.42. The summed E-state index contributed by atoms with van der Waals surface area (Å²) >= 11 is 0. The predicted molar refractivity (Wildman–Crippen MR) is 177 cm³/mol. The maximum Gasteiger partial charge on any atom is 0.416 e. The molecule has 3 rings (SSSR count). The molecular weight excluding hydrogens is 631 g/mol. The molecule has 0 saturated carbocycles. The molecule has 48 heavy (non-hydrogen) atoms. The number of nitrogens with zero attached hydrogens (tertiary/aromatic N) is 2. The molecule has 3 aromatic rings. The zero-order valence-corrected chi connectivity index (χ0v) is 25.8. The number of alkyl halides is 3. The van der Waals surface area contributed by atoms with Crippen LogP contribution in [0.1, 0.15) is 38.8 Å². The van der Waals surface area contributed by atoms with E-state index in [1.165, 1.54) is 24.4 Å². The average molecular weight is 664 g/mol. The molecule has 0 bridgehead atoms. The lowest BCUT2D eigenvalue weighted by Gasteiger charge is -2.15. The Bertz CT molecular complexity index is 1790. The number of aryl methyl sites for hydroxylation is 1. The molecule has 0 radical (unpaired) electrons. The highest BCUT2D eigenvalue weighted by molar-refractivity contribution is 6.06. The Morgan fingerprint density at radius 2 is 1.58 bits per heavy atom. The van der Waals surface area contributed by atoms with E-state index in [1.54, 1.807) is 44.2 Å². The summed E-state index contributed by atoms with van der Waals surface area (Å²) in [4.78, 5) is 57.6. The number of aliphatic imine (C=N–C) groups is 2. The Hall–Kier alpha value is -6.09. The number of halogens is 3.